The third-order valence-electron chi connectivity index (χ3n) is 14.5. The number of para-hydroxylation sites is 3. The summed E-state index contributed by atoms with van der Waals surface area (Å²) in [5, 5.41) is 1.85. The molecule has 0 bridgehead atoms. The molecule has 0 unspecified atom stereocenters. The largest absolute Gasteiger partial charge is 0.309 e. The Bertz CT molecular complexity index is 5580. The van der Waals surface area contributed by atoms with Crippen LogP contribution in [0, 0.1) is 0 Å². The average Bonchev–Trinajstić information content (AvgIpc) is 1.73. The van der Waals surface area contributed by atoms with E-state index in [1.165, 1.54) is 0 Å². The van der Waals surface area contributed by atoms with E-state index in [1.54, 1.807) is 24.4 Å². The van der Waals surface area contributed by atoms with Gasteiger partial charge in [-0.25, -0.2) is 0 Å². The first kappa shape index (κ1) is 28.6. The first-order valence-electron chi connectivity index (χ1n) is 34.1. The molecule has 0 atom stereocenters. The maximum atomic E-state index is 10.3. The Morgan fingerprint density at radius 2 is 0.868 bits per heavy atom. The zero-order chi connectivity index (χ0) is 66.7. The lowest BCUT2D eigenvalue weighted by molar-refractivity contribution is 1.17. The molecule has 0 aliphatic rings. The number of hydrogen-bond donors (Lipinski definition) is 0. The van der Waals surface area contributed by atoms with Crippen LogP contribution < -0.4 is 20.7 Å². The molecular formula is C71H48N4Si. The van der Waals surface area contributed by atoms with Crippen LogP contribution in [-0.2, 0) is 0 Å². The van der Waals surface area contributed by atoms with Gasteiger partial charge in [-0.05, 0) is 116 Å². The number of hydrogen-bond acceptors (Lipinski definition) is 1. The first-order chi connectivity index (χ1) is 45.6. The second-order valence-electron chi connectivity index (χ2n) is 18.4. The zero-order valence-corrected chi connectivity index (χ0v) is 41.0. The molecule has 0 aliphatic heterocycles. The van der Waals surface area contributed by atoms with Crippen molar-refractivity contribution in [2.24, 2.45) is 0 Å². The fraction of sp³-hybridized carbons (Fsp3) is 0. The third kappa shape index (κ3) is 6.66. The predicted molar refractivity (Wildman–Crippen MR) is 322 cm³/mol. The van der Waals surface area contributed by atoms with E-state index in [2.05, 4.69) is 85.4 Å². The Balaban J connectivity index is 1.03. The number of fused-ring (bicyclic) bond motifs is 10. The van der Waals surface area contributed by atoms with Crippen LogP contribution in [-0.4, -0.2) is 26.8 Å². The van der Waals surface area contributed by atoms with Crippen molar-refractivity contribution in [3.63, 3.8) is 0 Å². The topological polar surface area (TPSA) is 27.7 Å². The number of nitrogens with zero attached hydrogens (tertiary/aromatic N) is 4. The highest BCUT2D eigenvalue weighted by Gasteiger charge is 2.41. The van der Waals surface area contributed by atoms with Crippen LogP contribution in [0.1, 0.15) is 26.0 Å². The molecule has 4 heterocycles. The van der Waals surface area contributed by atoms with Gasteiger partial charge in [-0.2, -0.15) is 0 Å². The van der Waals surface area contributed by atoms with Gasteiger partial charge in [0.25, 0.3) is 0 Å². The zero-order valence-electron chi connectivity index (χ0n) is 59.0. The summed E-state index contributed by atoms with van der Waals surface area (Å²) in [7, 11) is -6.08. The lowest BCUT2D eigenvalue weighted by atomic mass is 9.98. The van der Waals surface area contributed by atoms with Crippen molar-refractivity contribution in [3.8, 4) is 39.3 Å². The fourth-order valence-electron chi connectivity index (χ4n) is 11.4. The van der Waals surface area contributed by atoms with Crippen molar-refractivity contribution in [2.75, 3.05) is 0 Å². The Kier molecular flexibility index (Phi) is 6.66. The van der Waals surface area contributed by atoms with Gasteiger partial charge < -0.3 is 13.7 Å². The molecule has 5 heteroatoms. The van der Waals surface area contributed by atoms with Crippen LogP contribution in [0.25, 0.3) is 105 Å². The quantitative estimate of drug-likeness (QED) is 0.105. The Morgan fingerprint density at radius 3 is 1.54 bits per heavy atom. The summed E-state index contributed by atoms with van der Waals surface area (Å²) in [5.74, 6) is 0. The van der Waals surface area contributed by atoms with Gasteiger partial charge in [-0.15, -0.1) is 0 Å². The summed E-state index contributed by atoms with van der Waals surface area (Å²) in [5.41, 5.74) is 9.46. The summed E-state index contributed by atoms with van der Waals surface area (Å²) in [6.45, 7) is 0. The molecule has 0 saturated heterocycles. The Labute approximate surface area is 468 Å². The van der Waals surface area contributed by atoms with Gasteiger partial charge in [0.05, 0.1) is 59.1 Å². The molecule has 0 spiro atoms. The second-order valence-corrected chi connectivity index (χ2v) is 21.9. The van der Waals surface area contributed by atoms with E-state index in [0.717, 1.165) is 87.9 Å². The molecule has 15 aromatic rings. The molecule has 0 aliphatic carbocycles. The fourth-order valence-corrected chi connectivity index (χ4v) is 14.9. The van der Waals surface area contributed by atoms with E-state index >= 15 is 0 Å². The van der Waals surface area contributed by atoms with E-state index in [0.29, 0.717) is 5.69 Å². The SMILES string of the molecule is [2H]c1c([2H])c([2H])c([Si](c2c([2H])c([2H])c([2H])c([2H])c2[2H])(c2c([2H])c([2H])c([2H])c([2H])c2[2H])c2c([2H])c([2H])c(-c3cccc(-n4c5ccc(-c6cccc7c6c6cnccc6n7-c6ccccc6)cc5c5ccc6c(c7ccccc7n6-c6ccccc6)c54)c3)c([2H])c2[2H])c([2H])c1[2H]. The van der Waals surface area contributed by atoms with Gasteiger partial charge in [0.2, 0.25) is 0 Å². The number of benzene rings is 11. The molecule has 356 valence electrons. The summed E-state index contributed by atoms with van der Waals surface area (Å²) in [6, 6.07) is 34.7. The van der Waals surface area contributed by atoms with Gasteiger partial charge in [0, 0.05) is 61.8 Å². The van der Waals surface area contributed by atoms with Crippen LogP contribution in [0.15, 0.2) is 291 Å². The van der Waals surface area contributed by atoms with Crippen LogP contribution in [0.3, 0.4) is 0 Å². The smallest absolute Gasteiger partial charge is 0.179 e. The van der Waals surface area contributed by atoms with E-state index in [1.807, 2.05) is 85.1 Å². The first-order valence-corrected chi connectivity index (χ1v) is 26.6. The lowest BCUT2D eigenvalue weighted by Crippen LogP contribution is -2.74. The summed E-state index contributed by atoms with van der Waals surface area (Å²) in [4.78, 5) is 4.60. The van der Waals surface area contributed by atoms with E-state index in [4.69, 9.17) is 12.3 Å². The highest BCUT2D eigenvalue weighted by atomic mass is 28.3. The summed E-state index contributed by atoms with van der Waals surface area (Å²) < 4.78 is 185. The summed E-state index contributed by atoms with van der Waals surface area (Å²) >= 11 is 0. The summed E-state index contributed by atoms with van der Waals surface area (Å²) in [6.07, 6.45) is 3.68. The van der Waals surface area contributed by atoms with E-state index in [-0.39, 0.29) is 11.1 Å². The minimum Gasteiger partial charge on any atom is -0.309 e. The number of aromatic nitrogens is 4. The molecule has 0 radical (unpaired) electrons. The monoisotopic (exact) mass is 1000 g/mol. The Morgan fingerprint density at radius 1 is 0.329 bits per heavy atom. The molecule has 0 fully saturated rings. The molecule has 15 rings (SSSR count). The van der Waals surface area contributed by atoms with Gasteiger partial charge in [0.1, 0.15) is 0 Å². The van der Waals surface area contributed by atoms with Crippen molar-refractivity contribution in [1.82, 2.24) is 18.7 Å². The molecular weight excluding hydrogens is 937 g/mol. The highest BCUT2D eigenvalue weighted by molar-refractivity contribution is 7.19. The molecule has 0 amide bonds. The van der Waals surface area contributed by atoms with Crippen LogP contribution in [0.4, 0.5) is 0 Å². The molecule has 4 aromatic heterocycles. The Hall–Kier alpha value is -9.81. The van der Waals surface area contributed by atoms with Gasteiger partial charge in [-0.3, -0.25) is 4.98 Å². The highest BCUT2D eigenvalue weighted by Crippen LogP contribution is 2.45. The molecule has 0 saturated carbocycles. The second kappa shape index (κ2) is 17.7. The third-order valence-corrected chi connectivity index (χ3v) is 18.5. The van der Waals surface area contributed by atoms with E-state index < -0.39 is 144 Å². The van der Waals surface area contributed by atoms with Crippen molar-refractivity contribution < 1.29 is 26.0 Å². The minimum absolute atomic E-state index is 0.132. The van der Waals surface area contributed by atoms with Gasteiger partial charge in [-0.1, -0.05) is 206 Å². The maximum Gasteiger partial charge on any atom is 0.179 e. The molecule has 0 N–H and O–H groups in total. The predicted octanol–water partition coefficient (Wildman–Crippen LogP) is 15.1. The van der Waals surface area contributed by atoms with Crippen LogP contribution in [0.5, 0.6) is 0 Å². The normalized spacial score (nSPS) is 15.4. The van der Waals surface area contributed by atoms with Crippen molar-refractivity contribution in [1.29, 1.82) is 0 Å². The van der Waals surface area contributed by atoms with Gasteiger partial charge >= 0.3 is 0 Å². The van der Waals surface area contributed by atoms with Crippen molar-refractivity contribution in [2.45, 2.75) is 0 Å². The van der Waals surface area contributed by atoms with Crippen LogP contribution >= 0.6 is 0 Å². The minimum atomic E-state index is -6.08. The molecule has 76 heavy (non-hydrogen) atoms. The lowest BCUT2D eigenvalue weighted by Gasteiger charge is -2.34. The maximum absolute atomic E-state index is 10.3. The average molecular weight is 1000 g/mol. The van der Waals surface area contributed by atoms with Gasteiger partial charge in [0.15, 0.2) is 8.07 Å². The molecule has 4 nitrogen and oxygen atoms in total. The van der Waals surface area contributed by atoms with Crippen molar-refractivity contribution in [3.05, 3.63) is 291 Å². The van der Waals surface area contributed by atoms with Crippen LogP contribution in [0.2, 0.25) is 0 Å². The van der Waals surface area contributed by atoms with E-state index in [9.17, 15) is 13.7 Å². The number of rotatable bonds is 9. The number of pyridine rings is 1. The van der Waals surface area contributed by atoms with Crippen molar-refractivity contribution >= 4 is 94.2 Å². The molecule has 11 aromatic carbocycles. The standard InChI is InChI=1S/C71H48N4Si/c1-6-21-52(22-7-1)73-64-34-17-16-32-61(64)70-68(73)43-41-60-62-47-51(59-33-19-35-67-69(59)63-48-72-45-44-66(63)74(67)53-23-8-2-9-24-53)38-42-65(62)75(71(60)70)54-25-18-20-50(46-54)49-36-39-58(40-37-49)76(55-26-10-3-11-27-55,56-28-12-4-13-29-56)57-30-14-5-15-31-57/h1-48H/i3D,4D,5D,10D,11D,12D,13D,14D,15D,26D,27D,28D,29D,30D,31D,36D,37D,39D,40D.